The maximum absolute atomic E-state index is 12.6. The average Bonchev–Trinajstić information content (AvgIpc) is 3.28. The number of ether oxygens (including phenoxy) is 1. The minimum absolute atomic E-state index is 0.0466. The Hall–Kier alpha value is -3.22. The molecule has 1 fully saturated rings. The quantitative estimate of drug-likeness (QED) is 0.520. The number of carbonyl (C=O) groups is 1. The van der Waals surface area contributed by atoms with Crippen molar-refractivity contribution in [1.29, 1.82) is 0 Å². The highest BCUT2D eigenvalue weighted by Crippen LogP contribution is 2.29. The monoisotopic (exact) mass is 473 g/mol. The number of fused-ring (bicyclic) bond motifs is 1. The van der Waals surface area contributed by atoms with E-state index in [-0.39, 0.29) is 23.1 Å². The largest absolute Gasteiger partial charge is 0.495 e. The number of hydrogen-bond acceptors (Lipinski definition) is 8. The van der Waals surface area contributed by atoms with Gasteiger partial charge >= 0.3 is 0 Å². The molecule has 11 nitrogen and oxygen atoms in total. The van der Waals surface area contributed by atoms with Gasteiger partial charge in [0.2, 0.25) is 15.9 Å². The smallest absolute Gasteiger partial charge is 0.246 e. The van der Waals surface area contributed by atoms with E-state index in [0.29, 0.717) is 18.8 Å². The van der Waals surface area contributed by atoms with Crippen LogP contribution in [0.1, 0.15) is 0 Å². The SMILES string of the molecule is COc1cc(NC(=O)CN2CCN(c3ncnc4[nH]ccc34)CC2)ccc1S(=O)(=O)N(C)C. The standard InChI is InChI=1S/C21H27N7O4S/c1-26(2)33(30,31)18-5-4-15(12-17(18)32-3)25-19(29)13-27-8-10-28(11-9-27)21-16-6-7-22-20(16)23-14-24-21/h4-7,12,14H,8-11,13H2,1-3H3,(H,25,29)(H,22,23,24). The molecule has 0 atom stereocenters. The number of nitrogens with zero attached hydrogens (tertiary/aromatic N) is 5. The summed E-state index contributed by atoms with van der Waals surface area (Å²) in [5, 5.41) is 3.81. The molecule has 3 heterocycles. The van der Waals surface area contributed by atoms with E-state index >= 15 is 0 Å². The van der Waals surface area contributed by atoms with Crippen molar-refractivity contribution in [3.8, 4) is 5.75 Å². The third kappa shape index (κ3) is 4.77. The fraction of sp³-hybridized carbons (Fsp3) is 0.381. The highest BCUT2D eigenvalue weighted by atomic mass is 32.2. The van der Waals surface area contributed by atoms with Gasteiger partial charge in [0.1, 0.15) is 28.4 Å². The predicted octanol–water partition coefficient (Wildman–Crippen LogP) is 0.978. The predicted molar refractivity (Wildman–Crippen MR) is 125 cm³/mol. The van der Waals surface area contributed by atoms with E-state index in [1.165, 1.54) is 33.3 Å². The summed E-state index contributed by atoms with van der Waals surface area (Å²) in [6, 6.07) is 6.48. The van der Waals surface area contributed by atoms with Crippen LogP contribution in [0, 0.1) is 0 Å². The molecule has 2 N–H and O–H groups in total. The van der Waals surface area contributed by atoms with Crippen LogP contribution < -0.4 is 15.0 Å². The number of methoxy groups -OCH3 is 1. The van der Waals surface area contributed by atoms with Crippen LogP contribution in [0.25, 0.3) is 11.0 Å². The summed E-state index contributed by atoms with van der Waals surface area (Å²) in [6.45, 7) is 3.15. The van der Waals surface area contributed by atoms with Crippen LogP contribution in [-0.4, -0.2) is 92.4 Å². The first-order valence-corrected chi connectivity index (χ1v) is 11.9. The summed E-state index contributed by atoms with van der Waals surface area (Å²) in [4.78, 5) is 28.7. The third-order valence-electron chi connectivity index (χ3n) is 5.58. The zero-order valence-electron chi connectivity index (χ0n) is 18.8. The van der Waals surface area contributed by atoms with E-state index in [2.05, 4.69) is 30.1 Å². The van der Waals surface area contributed by atoms with Crippen LogP contribution in [0.2, 0.25) is 0 Å². The number of H-pyrrole nitrogens is 1. The maximum atomic E-state index is 12.6. The van der Waals surface area contributed by atoms with Gasteiger partial charge < -0.3 is 19.9 Å². The molecule has 1 aliphatic rings. The minimum Gasteiger partial charge on any atom is -0.495 e. The van der Waals surface area contributed by atoms with E-state index in [9.17, 15) is 13.2 Å². The first-order chi connectivity index (χ1) is 15.8. The molecule has 1 aromatic carbocycles. The molecule has 176 valence electrons. The second-order valence-corrected chi connectivity index (χ2v) is 10.0. The van der Waals surface area contributed by atoms with Crippen LogP contribution in [0.15, 0.2) is 41.7 Å². The molecule has 0 spiro atoms. The molecule has 0 aliphatic carbocycles. The van der Waals surface area contributed by atoms with Crippen LogP contribution in [0.5, 0.6) is 5.75 Å². The van der Waals surface area contributed by atoms with Gasteiger partial charge in [-0.1, -0.05) is 0 Å². The summed E-state index contributed by atoms with van der Waals surface area (Å²) in [7, 11) is 0.651. The van der Waals surface area contributed by atoms with Gasteiger partial charge in [0.05, 0.1) is 19.0 Å². The number of piperazine rings is 1. The highest BCUT2D eigenvalue weighted by Gasteiger charge is 2.24. The van der Waals surface area contributed by atoms with Crippen LogP contribution in [0.3, 0.4) is 0 Å². The van der Waals surface area contributed by atoms with Crippen molar-refractivity contribution in [2.24, 2.45) is 0 Å². The summed E-state index contributed by atoms with van der Waals surface area (Å²) >= 11 is 0. The first kappa shape index (κ1) is 23.0. The Kier molecular flexibility index (Phi) is 6.49. The van der Waals surface area contributed by atoms with Gasteiger partial charge in [-0.3, -0.25) is 9.69 Å². The van der Waals surface area contributed by atoms with Crippen molar-refractivity contribution in [3.63, 3.8) is 0 Å². The lowest BCUT2D eigenvalue weighted by Crippen LogP contribution is -2.49. The summed E-state index contributed by atoms with van der Waals surface area (Å²) in [5.74, 6) is 0.894. The molecule has 1 aliphatic heterocycles. The lowest BCUT2D eigenvalue weighted by atomic mass is 10.2. The third-order valence-corrected chi connectivity index (χ3v) is 7.43. The average molecular weight is 474 g/mol. The number of hydrogen-bond donors (Lipinski definition) is 2. The Morgan fingerprint density at radius 3 is 2.64 bits per heavy atom. The molecule has 3 aromatic rings. The van der Waals surface area contributed by atoms with Crippen LogP contribution in [0.4, 0.5) is 11.5 Å². The zero-order valence-corrected chi connectivity index (χ0v) is 19.6. The summed E-state index contributed by atoms with van der Waals surface area (Å²) < 4.78 is 31.2. The van der Waals surface area contributed by atoms with Gasteiger partial charge in [-0.25, -0.2) is 22.7 Å². The van der Waals surface area contributed by atoms with Crippen molar-refractivity contribution >= 4 is 38.5 Å². The molecule has 4 rings (SSSR count). The van der Waals surface area contributed by atoms with E-state index in [4.69, 9.17) is 4.74 Å². The fourth-order valence-corrected chi connectivity index (χ4v) is 4.82. The number of aromatic nitrogens is 3. The molecule has 2 aromatic heterocycles. The highest BCUT2D eigenvalue weighted by molar-refractivity contribution is 7.89. The van der Waals surface area contributed by atoms with E-state index in [1.807, 2.05) is 12.3 Å². The summed E-state index contributed by atoms with van der Waals surface area (Å²) in [6.07, 6.45) is 3.40. The fourth-order valence-electron chi connectivity index (χ4n) is 3.79. The molecule has 33 heavy (non-hydrogen) atoms. The van der Waals surface area contributed by atoms with Crippen molar-refractivity contribution < 1.29 is 17.9 Å². The molecular weight excluding hydrogens is 446 g/mol. The van der Waals surface area contributed by atoms with E-state index in [0.717, 1.165) is 34.2 Å². The van der Waals surface area contributed by atoms with Crippen molar-refractivity contribution in [3.05, 3.63) is 36.8 Å². The van der Waals surface area contributed by atoms with Gasteiger partial charge in [0, 0.05) is 58.2 Å². The maximum Gasteiger partial charge on any atom is 0.246 e. The number of benzene rings is 1. The van der Waals surface area contributed by atoms with Gasteiger partial charge in [-0.2, -0.15) is 0 Å². The lowest BCUT2D eigenvalue weighted by molar-refractivity contribution is -0.117. The molecule has 0 bridgehead atoms. The van der Waals surface area contributed by atoms with Crippen molar-refractivity contribution in [2.75, 3.05) is 64.1 Å². The number of nitrogens with one attached hydrogen (secondary N) is 2. The molecule has 1 amide bonds. The Bertz CT molecular complexity index is 1250. The Balaban J connectivity index is 1.36. The second-order valence-electron chi connectivity index (χ2n) is 7.90. The number of rotatable bonds is 7. The lowest BCUT2D eigenvalue weighted by Gasteiger charge is -2.35. The van der Waals surface area contributed by atoms with Gasteiger partial charge in [0.15, 0.2) is 0 Å². The number of anilines is 2. The second kappa shape index (κ2) is 9.33. The Morgan fingerprint density at radius 2 is 1.94 bits per heavy atom. The van der Waals surface area contributed by atoms with E-state index in [1.54, 1.807) is 12.4 Å². The molecule has 12 heteroatoms. The van der Waals surface area contributed by atoms with Crippen LogP contribution in [-0.2, 0) is 14.8 Å². The molecule has 0 unspecified atom stereocenters. The number of aromatic amines is 1. The normalized spacial score (nSPS) is 15.2. The van der Waals surface area contributed by atoms with Gasteiger partial charge in [-0.15, -0.1) is 0 Å². The number of carbonyl (C=O) groups excluding carboxylic acids is 1. The number of sulfonamides is 1. The zero-order chi connectivity index (χ0) is 23.6. The molecule has 1 saturated heterocycles. The van der Waals surface area contributed by atoms with Crippen molar-refractivity contribution in [2.45, 2.75) is 4.90 Å². The molecular formula is C21H27N7O4S. The Morgan fingerprint density at radius 1 is 1.18 bits per heavy atom. The minimum atomic E-state index is -3.65. The first-order valence-electron chi connectivity index (χ1n) is 10.5. The Labute approximate surface area is 192 Å². The summed E-state index contributed by atoms with van der Waals surface area (Å²) in [5.41, 5.74) is 1.28. The topological polar surface area (TPSA) is 124 Å². The number of amides is 1. The molecule has 0 radical (unpaired) electrons. The van der Waals surface area contributed by atoms with Crippen LogP contribution >= 0.6 is 0 Å². The van der Waals surface area contributed by atoms with Gasteiger partial charge in [0.25, 0.3) is 0 Å². The van der Waals surface area contributed by atoms with E-state index < -0.39 is 10.0 Å². The van der Waals surface area contributed by atoms with Crippen molar-refractivity contribution in [1.82, 2.24) is 24.2 Å². The van der Waals surface area contributed by atoms with Gasteiger partial charge in [-0.05, 0) is 18.2 Å². The molecule has 0 saturated carbocycles.